The molecule has 0 aromatic rings. The van der Waals surface area contributed by atoms with Crippen LogP contribution in [0.15, 0.2) is 0 Å². The van der Waals surface area contributed by atoms with E-state index in [1.807, 2.05) is 0 Å². The van der Waals surface area contributed by atoms with Crippen molar-refractivity contribution in [3.05, 3.63) is 0 Å². The number of hydrogen-bond donors (Lipinski definition) is 1. The third kappa shape index (κ3) is 5.49. The van der Waals surface area contributed by atoms with Crippen LogP contribution >= 0.6 is 12.4 Å². The number of rotatable bonds is 5. The lowest BCUT2D eigenvalue weighted by Gasteiger charge is -2.36. The number of ether oxygens (including phenoxy) is 2. The highest BCUT2D eigenvalue weighted by molar-refractivity contribution is 5.85. The van der Waals surface area contributed by atoms with Crippen LogP contribution < -0.4 is 0 Å². The molecule has 1 saturated carbocycles. The number of aliphatic hydroxyl groups excluding tert-OH is 1. The summed E-state index contributed by atoms with van der Waals surface area (Å²) >= 11 is 0. The smallest absolute Gasteiger partial charge is 0.0900 e. The summed E-state index contributed by atoms with van der Waals surface area (Å²) in [5, 5.41) is 10.1. The van der Waals surface area contributed by atoms with Crippen molar-refractivity contribution in [1.82, 2.24) is 4.90 Å². The Morgan fingerprint density at radius 3 is 2.40 bits per heavy atom. The number of aliphatic hydroxyl groups is 1. The Morgan fingerprint density at radius 2 is 1.85 bits per heavy atom. The van der Waals surface area contributed by atoms with E-state index >= 15 is 0 Å². The molecule has 5 unspecified atom stereocenters. The van der Waals surface area contributed by atoms with Gasteiger partial charge in [-0.3, -0.25) is 4.90 Å². The molecule has 120 valence electrons. The molecular formula is C15H30ClNO3. The highest BCUT2D eigenvalue weighted by Gasteiger charge is 2.26. The molecule has 20 heavy (non-hydrogen) atoms. The van der Waals surface area contributed by atoms with E-state index in [4.69, 9.17) is 9.47 Å². The van der Waals surface area contributed by atoms with Crippen molar-refractivity contribution < 1.29 is 14.6 Å². The molecule has 1 heterocycles. The Hall–Kier alpha value is 0.130. The number of nitrogens with zero attached hydrogens (tertiary/aromatic N) is 1. The Bertz CT molecular complexity index is 270. The van der Waals surface area contributed by atoms with E-state index in [1.165, 1.54) is 12.8 Å². The molecule has 0 amide bonds. The van der Waals surface area contributed by atoms with E-state index in [-0.39, 0.29) is 30.7 Å². The maximum absolute atomic E-state index is 10.1. The van der Waals surface area contributed by atoms with Crippen molar-refractivity contribution in [2.24, 2.45) is 5.92 Å². The number of hydrogen-bond acceptors (Lipinski definition) is 4. The third-order valence-electron chi connectivity index (χ3n) is 4.25. The van der Waals surface area contributed by atoms with Gasteiger partial charge in [0.25, 0.3) is 0 Å². The van der Waals surface area contributed by atoms with Gasteiger partial charge in [0.05, 0.1) is 31.0 Å². The molecule has 0 spiro atoms. The predicted molar refractivity (Wildman–Crippen MR) is 82.5 cm³/mol. The van der Waals surface area contributed by atoms with Gasteiger partial charge in [0.2, 0.25) is 0 Å². The average Bonchev–Trinajstić information content (AvgIpc) is 2.71. The Morgan fingerprint density at radius 1 is 1.20 bits per heavy atom. The summed E-state index contributed by atoms with van der Waals surface area (Å²) in [4.78, 5) is 2.28. The Kier molecular flexibility index (Phi) is 7.77. The molecule has 4 nitrogen and oxygen atoms in total. The highest BCUT2D eigenvalue weighted by Crippen LogP contribution is 2.27. The van der Waals surface area contributed by atoms with Crippen molar-refractivity contribution in [1.29, 1.82) is 0 Å². The normalized spacial score (nSPS) is 36.6. The molecule has 0 aromatic heterocycles. The summed E-state index contributed by atoms with van der Waals surface area (Å²) in [5.41, 5.74) is 0. The largest absolute Gasteiger partial charge is 0.389 e. The fraction of sp³-hybridized carbons (Fsp3) is 1.00. The van der Waals surface area contributed by atoms with Crippen LogP contribution in [0.5, 0.6) is 0 Å². The van der Waals surface area contributed by atoms with Gasteiger partial charge in [-0.15, -0.1) is 12.4 Å². The molecule has 0 bridgehead atoms. The lowest BCUT2D eigenvalue weighted by molar-refractivity contribution is -0.0872. The Labute approximate surface area is 129 Å². The summed E-state index contributed by atoms with van der Waals surface area (Å²) in [7, 11) is 0. The second-order valence-electron chi connectivity index (χ2n) is 6.41. The molecule has 5 heteroatoms. The third-order valence-corrected chi connectivity index (χ3v) is 4.25. The summed E-state index contributed by atoms with van der Waals surface area (Å²) in [6.07, 6.45) is 4.17. The van der Waals surface area contributed by atoms with Gasteiger partial charge in [0, 0.05) is 19.6 Å². The first-order valence-corrected chi connectivity index (χ1v) is 7.72. The Balaban J connectivity index is 0.00000200. The van der Waals surface area contributed by atoms with Gasteiger partial charge in [-0.05, 0) is 32.6 Å². The average molecular weight is 308 g/mol. The van der Waals surface area contributed by atoms with Crippen LogP contribution in [-0.2, 0) is 9.47 Å². The minimum Gasteiger partial charge on any atom is -0.389 e. The maximum Gasteiger partial charge on any atom is 0.0900 e. The summed E-state index contributed by atoms with van der Waals surface area (Å²) in [6.45, 7) is 9.39. The zero-order valence-electron chi connectivity index (χ0n) is 13.0. The zero-order valence-corrected chi connectivity index (χ0v) is 13.8. The second-order valence-corrected chi connectivity index (χ2v) is 6.41. The van der Waals surface area contributed by atoms with Gasteiger partial charge in [-0.2, -0.15) is 0 Å². The van der Waals surface area contributed by atoms with Crippen LogP contribution in [0.25, 0.3) is 0 Å². The van der Waals surface area contributed by atoms with E-state index in [2.05, 4.69) is 25.7 Å². The molecule has 1 N–H and O–H groups in total. The van der Waals surface area contributed by atoms with E-state index in [0.29, 0.717) is 25.2 Å². The first-order chi connectivity index (χ1) is 9.04. The topological polar surface area (TPSA) is 41.9 Å². The first kappa shape index (κ1) is 18.2. The van der Waals surface area contributed by atoms with Crippen molar-refractivity contribution in [2.45, 2.75) is 64.4 Å². The van der Waals surface area contributed by atoms with E-state index < -0.39 is 0 Å². The van der Waals surface area contributed by atoms with Crippen LogP contribution in [-0.4, -0.2) is 60.7 Å². The lowest BCUT2D eigenvalue weighted by Crippen LogP contribution is -2.48. The van der Waals surface area contributed by atoms with Gasteiger partial charge >= 0.3 is 0 Å². The predicted octanol–water partition coefficient (Wildman–Crippen LogP) is 2.08. The fourth-order valence-corrected chi connectivity index (χ4v) is 3.38. The molecule has 0 radical (unpaired) electrons. The number of morpholine rings is 1. The molecule has 1 aliphatic carbocycles. The number of halogens is 1. The molecule has 1 saturated heterocycles. The summed E-state index contributed by atoms with van der Waals surface area (Å²) in [5.74, 6) is 0.649. The molecule has 5 atom stereocenters. The van der Waals surface area contributed by atoms with E-state index in [0.717, 1.165) is 19.5 Å². The van der Waals surface area contributed by atoms with Crippen molar-refractivity contribution in [3.8, 4) is 0 Å². The molecule has 2 fully saturated rings. The maximum atomic E-state index is 10.1. The van der Waals surface area contributed by atoms with Gasteiger partial charge in [-0.25, -0.2) is 0 Å². The van der Waals surface area contributed by atoms with Crippen LogP contribution in [0.4, 0.5) is 0 Å². The zero-order chi connectivity index (χ0) is 13.8. The fourth-order valence-electron chi connectivity index (χ4n) is 3.38. The molecule has 0 aromatic carbocycles. The first-order valence-electron chi connectivity index (χ1n) is 7.72. The van der Waals surface area contributed by atoms with Crippen molar-refractivity contribution >= 4 is 12.4 Å². The molecule has 1 aliphatic heterocycles. The van der Waals surface area contributed by atoms with Crippen LogP contribution in [0.3, 0.4) is 0 Å². The minimum atomic E-state index is -0.384. The second kappa shape index (κ2) is 8.54. The van der Waals surface area contributed by atoms with Gasteiger partial charge in [0.1, 0.15) is 0 Å². The van der Waals surface area contributed by atoms with Gasteiger partial charge in [0.15, 0.2) is 0 Å². The number of β-amino-alcohol motifs (C(OH)–C–C–N with tert-alkyl or cyclic N) is 1. The molecule has 2 aliphatic rings. The van der Waals surface area contributed by atoms with Crippen LogP contribution in [0, 0.1) is 5.92 Å². The van der Waals surface area contributed by atoms with Gasteiger partial charge in [-0.1, -0.05) is 13.3 Å². The summed E-state index contributed by atoms with van der Waals surface area (Å²) < 4.78 is 11.6. The highest BCUT2D eigenvalue weighted by atomic mass is 35.5. The minimum absolute atomic E-state index is 0. The monoisotopic (exact) mass is 307 g/mol. The van der Waals surface area contributed by atoms with E-state index in [9.17, 15) is 5.11 Å². The quantitative estimate of drug-likeness (QED) is 0.844. The van der Waals surface area contributed by atoms with E-state index in [1.54, 1.807) is 0 Å². The molecule has 2 rings (SSSR count). The van der Waals surface area contributed by atoms with Gasteiger partial charge < -0.3 is 14.6 Å². The van der Waals surface area contributed by atoms with Crippen molar-refractivity contribution in [3.63, 3.8) is 0 Å². The summed E-state index contributed by atoms with van der Waals surface area (Å²) in [6, 6.07) is 0. The van der Waals surface area contributed by atoms with Crippen LogP contribution in [0.2, 0.25) is 0 Å². The standard InChI is InChI=1S/C15H29NO3.ClH/c1-11-5-4-6-15(11)18-10-14(17)9-16-7-12(2)19-13(3)8-16;/h11-15,17H,4-10H2,1-3H3;1H. The molecular weight excluding hydrogens is 278 g/mol. The SMILES string of the molecule is CC1CN(CC(O)COC2CCCC2C)CC(C)O1.Cl. The lowest BCUT2D eigenvalue weighted by atomic mass is 10.1. The van der Waals surface area contributed by atoms with Crippen LogP contribution in [0.1, 0.15) is 40.0 Å². The van der Waals surface area contributed by atoms with Crippen molar-refractivity contribution in [2.75, 3.05) is 26.2 Å².